The van der Waals surface area contributed by atoms with Crippen LogP contribution in [0.1, 0.15) is 16.2 Å². The standard InChI is InChI=1S/C14H13N5O/c15-11-3-1-2-9-6-12(19-13(9)11)14(20)17-7-10-4-5-16-8-18-10/h1-6,8,19H,7,15H2,(H,17,20). The molecule has 0 fully saturated rings. The number of nitrogens with zero attached hydrogens (tertiary/aromatic N) is 2. The second-order valence-corrected chi connectivity index (χ2v) is 4.38. The fourth-order valence-electron chi connectivity index (χ4n) is 1.99. The zero-order chi connectivity index (χ0) is 13.9. The molecule has 1 amide bonds. The number of nitrogen functional groups attached to an aromatic ring is 1. The number of benzene rings is 1. The summed E-state index contributed by atoms with van der Waals surface area (Å²) in [5, 5.41) is 3.71. The normalized spacial score (nSPS) is 10.6. The van der Waals surface area contributed by atoms with E-state index in [9.17, 15) is 4.79 Å². The van der Waals surface area contributed by atoms with Crippen LogP contribution >= 0.6 is 0 Å². The minimum absolute atomic E-state index is 0.195. The summed E-state index contributed by atoms with van der Waals surface area (Å²) in [5.74, 6) is -0.195. The maximum Gasteiger partial charge on any atom is 0.268 e. The van der Waals surface area contributed by atoms with Gasteiger partial charge in [-0.15, -0.1) is 0 Å². The van der Waals surface area contributed by atoms with Crippen LogP contribution in [0.2, 0.25) is 0 Å². The number of H-pyrrole nitrogens is 1. The SMILES string of the molecule is Nc1cccc2cc(C(=O)NCc3ccncn3)[nH]c12. The molecule has 2 heterocycles. The average Bonchev–Trinajstić information content (AvgIpc) is 2.91. The molecule has 1 aromatic carbocycles. The van der Waals surface area contributed by atoms with E-state index >= 15 is 0 Å². The Morgan fingerprint density at radius 3 is 3.00 bits per heavy atom. The summed E-state index contributed by atoms with van der Waals surface area (Å²) in [4.78, 5) is 23.0. The molecule has 0 aliphatic carbocycles. The fourth-order valence-corrected chi connectivity index (χ4v) is 1.99. The van der Waals surface area contributed by atoms with Crippen molar-refractivity contribution in [2.75, 3.05) is 5.73 Å². The Bertz CT molecular complexity index is 751. The Morgan fingerprint density at radius 2 is 2.25 bits per heavy atom. The maximum atomic E-state index is 12.1. The topological polar surface area (TPSA) is 96.7 Å². The molecule has 6 nitrogen and oxygen atoms in total. The lowest BCUT2D eigenvalue weighted by atomic mass is 10.2. The number of rotatable bonds is 3. The van der Waals surface area contributed by atoms with E-state index in [2.05, 4.69) is 20.3 Å². The maximum absolute atomic E-state index is 12.1. The van der Waals surface area contributed by atoms with E-state index in [0.717, 1.165) is 16.6 Å². The zero-order valence-electron chi connectivity index (χ0n) is 10.6. The fraction of sp³-hybridized carbons (Fsp3) is 0.0714. The van der Waals surface area contributed by atoms with Crippen molar-refractivity contribution in [3.63, 3.8) is 0 Å². The first-order valence-electron chi connectivity index (χ1n) is 6.14. The van der Waals surface area contributed by atoms with Gasteiger partial charge in [0, 0.05) is 11.6 Å². The van der Waals surface area contributed by atoms with Gasteiger partial charge in [-0.3, -0.25) is 4.79 Å². The quantitative estimate of drug-likeness (QED) is 0.626. The van der Waals surface area contributed by atoms with E-state index in [-0.39, 0.29) is 5.91 Å². The van der Waals surface area contributed by atoms with Crippen LogP contribution in [-0.4, -0.2) is 20.9 Å². The van der Waals surface area contributed by atoms with E-state index in [0.29, 0.717) is 17.9 Å². The molecule has 0 radical (unpaired) electrons. The molecule has 2 aromatic heterocycles. The van der Waals surface area contributed by atoms with Crippen LogP contribution in [0.25, 0.3) is 10.9 Å². The Labute approximate surface area is 115 Å². The van der Waals surface area contributed by atoms with Gasteiger partial charge in [0.05, 0.1) is 23.4 Å². The van der Waals surface area contributed by atoms with Crippen molar-refractivity contribution in [1.29, 1.82) is 0 Å². The smallest absolute Gasteiger partial charge is 0.268 e. The number of carbonyl (C=O) groups is 1. The second kappa shape index (κ2) is 5.00. The lowest BCUT2D eigenvalue weighted by Gasteiger charge is -2.02. The second-order valence-electron chi connectivity index (χ2n) is 4.38. The highest BCUT2D eigenvalue weighted by Crippen LogP contribution is 2.20. The van der Waals surface area contributed by atoms with Gasteiger partial charge >= 0.3 is 0 Å². The first kappa shape index (κ1) is 12.2. The number of aromatic amines is 1. The van der Waals surface area contributed by atoms with Gasteiger partial charge in [0.2, 0.25) is 0 Å². The summed E-state index contributed by atoms with van der Waals surface area (Å²) in [6.07, 6.45) is 3.09. The summed E-state index contributed by atoms with van der Waals surface area (Å²) < 4.78 is 0. The van der Waals surface area contributed by atoms with Gasteiger partial charge in [-0.25, -0.2) is 9.97 Å². The molecule has 0 aliphatic rings. The van der Waals surface area contributed by atoms with Crippen molar-refractivity contribution in [3.8, 4) is 0 Å². The molecule has 3 rings (SSSR count). The molecule has 0 saturated heterocycles. The van der Waals surface area contributed by atoms with Crippen molar-refractivity contribution in [3.05, 3.63) is 54.2 Å². The third-order valence-corrected chi connectivity index (χ3v) is 3.01. The highest BCUT2D eigenvalue weighted by atomic mass is 16.1. The number of anilines is 1. The van der Waals surface area contributed by atoms with E-state index in [1.165, 1.54) is 6.33 Å². The van der Waals surface area contributed by atoms with Gasteiger partial charge in [-0.2, -0.15) is 0 Å². The van der Waals surface area contributed by atoms with Gasteiger partial charge in [-0.1, -0.05) is 12.1 Å². The van der Waals surface area contributed by atoms with Crippen LogP contribution in [0.15, 0.2) is 42.9 Å². The lowest BCUT2D eigenvalue weighted by molar-refractivity contribution is 0.0946. The molecule has 0 aliphatic heterocycles. The molecule has 0 bridgehead atoms. The highest BCUT2D eigenvalue weighted by Gasteiger charge is 2.10. The number of hydrogen-bond donors (Lipinski definition) is 3. The van der Waals surface area contributed by atoms with E-state index in [1.807, 2.05) is 12.1 Å². The zero-order valence-corrected chi connectivity index (χ0v) is 10.6. The van der Waals surface area contributed by atoms with Crippen LogP contribution in [-0.2, 0) is 6.54 Å². The number of fused-ring (bicyclic) bond motifs is 1. The van der Waals surface area contributed by atoms with Crippen molar-refractivity contribution >= 4 is 22.5 Å². The Hall–Kier alpha value is -2.89. The molecule has 4 N–H and O–H groups in total. The third-order valence-electron chi connectivity index (χ3n) is 3.01. The van der Waals surface area contributed by atoms with Crippen LogP contribution < -0.4 is 11.1 Å². The number of hydrogen-bond acceptors (Lipinski definition) is 4. The molecule has 100 valence electrons. The largest absolute Gasteiger partial charge is 0.397 e. The molecular weight excluding hydrogens is 254 g/mol. The minimum Gasteiger partial charge on any atom is -0.397 e. The number of para-hydroxylation sites is 1. The van der Waals surface area contributed by atoms with Gasteiger partial charge in [-0.05, 0) is 18.2 Å². The number of amides is 1. The Kier molecular flexibility index (Phi) is 3.04. The third kappa shape index (κ3) is 2.31. The number of carbonyl (C=O) groups excluding carboxylic acids is 1. The summed E-state index contributed by atoms with van der Waals surface area (Å²) in [7, 11) is 0. The minimum atomic E-state index is -0.195. The van der Waals surface area contributed by atoms with Crippen molar-refractivity contribution in [1.82, 2.24) is 20.3 Å². The molecule has 0 spiro atoms. The lowest BCUT2D eigenvalue weighted by Crippen LogP contribution is -2.23. The summed E-state index contributed by atoms with van der Waals surface area (Å²) in [6.45, 7) is 0.353. The van der Waals surface area contributed by atoms with Gasteiger partial charge in [0.1, 0.15) is 12.0 Å². The van der Waals surface area contributed by atoms with Crippen molar-refractivity contribution < 1.29 is 4.79 Å². The number of nitrogens with one attached hydrogen (secondary N) is 2. The first-order chi connectivity index (χ1) is 9.74. The van der Waals surface area contributed by atoms with Gasteiger partial charge in [0.25, 0.3) is 5.91 Å². The van der Waals surface area contributed by atoms with E-state index in [4.69, 9.17) is 5.73 Å². The van der Waals surface area contributed by atoms with Crippen molar-refractivity contribution in [2.24, 2.45) is 0 Å². The highest BCUT2D eigenvalue weighted by molar-refractivity contribution is 6.00. The summed E-state index contributed by atoms with van der Waals surface area (Å²) in [5.41, 5.74) is 8.49. The molecule has 0 saturated carbocycles. The van der Waals surface area contributed by atoms with Gasteiger partial charge < -0.3 is 16.0 Å². The predicted molar refractivity (Wildman–Crippen MR) is 75.9 cm³/mol. The van der Waals surface area contributed by atoms with E-state index in [1.54, 1.807) is 24.4 Å². The molecule has 3 aromatic rings. The van der Waals surface area contributed by atoms with Crippen molar-refractivity contribution in [2.45, 2.75) is 6.54 Å². The number of nitrogens with two attached hydrogens (primary N) is 1. The molecular formula is C14H13N5O. The van der Waals surface area contributed by atoms with Gasteiger partial charge in [0.15, 0.2) is 0 Å². The van der Waals surface area contributed by atoms with Crippen LogP contribution in [0, 0.1) is 0 Å². The van der Waals surface area contributed by atoms with Crippen LogP contribution in [0.3, 0.4) is 0 Å². The molecule has 6 heteroatoms. The first-order valence-corrected chi connectivity index (χ1v) is 6.14. The van der Waals surface area contributed by atoms with Crippen LogP contribution in [0.5, 0.6) is 0 Å². The average molecular weight is 267 g/mol. The van der Waals surface area contributed by atoms with E-state index < -0.39 is 0 Å². The monoisotopic (exact) mass is 267 g/mol. The summed E-state index contributed by atoms with van der Waals surface area (Å²) in [6, 6.07) is 9.09. The Balaban J connectivity index is 1.77. The van der Waals surface area contributed by atoms with Crippen LogP contribution in [0.4, 0.5) is 5.69 Å². The number of aromatic nitrogens is 3. The predicted octanol–water partition coefficient (Wildman–Crippen LogP) is 1.47. The molecule has 0 atom stereocenters. The Morgan fingerprint density at radius 1 is 1.35 bits per heavy atom. The summed E-state index contributed by atoms with van der Waals surface area (Å²) >= 11 is 0. The molecule has 20 heavy (non-hydrogen) atoms. The molecule has 0 unspecified atom stereocenters.